The van der Waals surface area contributed by atoms with E-state index < -0.39 is 17.8 Å². The number of hydrogen-bond donors (Lipinski definition) is 2. The number of allylic oxidation sites excluding steroid dienone is 2. The molecule has 1 aromatic rings. The number of carbonyl (C=O) groups is 2. The molecule has 1 amide bonds. The first kappa shape index (κ1) is 15.1. The zero-order valence-electron chi connectivity index (χ0n) is 10.5. The molecule has 0 bridgehead atoms. The molecule has 20 heavy (non-hydrogen) atoms. The Labute approximate surface area is 129 Å². The van der Waals surface area contributed by atoms with Gasteiger partial charge in [0.25, 0.3) is 0 Å². The monoisotopic (exact) mass is 357 g/mol. The van der Waals surface area contributed by atoms with E-state index in [1.54, 1.807) is 24.3 Å². The van der Waals surface area contributed by atoms with Gasteiger partial charge in [0.2, 0.25) is 5.91 Å². The van der Waals surface area contributed by atoms with Crippen LogP contribution in [-0.2, 0) is 9.59 Å². The van der Waals surface area contributed by atoms with Gasteiger partial charge in [-0.2, -0.15) is 0 Å². The lowest BCUT2D eigenvalue weighted by molar-refractivity contribution is -0.146. The maximum atomic E-state index is 12.2. The van der Waals surface area contributed by atoms with Crippen LogP contribution in [0.5, 0.6) is 0 Å². The molecule has 2 atom stereocenters. The van der Waals surface area contributed by atoms with Gasteiger partial charge in [0, 0.05) is 4.47 Å². The van der Waals surface area contributed by atoms with Crippen LogP contribution in [0.2, 0.25) is 5.02 Å². The summed E-state index contributed by atoms with van der Waals surface area (Å²) in [4.78, 5) is 23.4. The van der Waals surface area contributed by atoms with Gasteiger partial charge in [-0.15, -0.1) is 0 Å². The van der Waals surface area contributed by atoms with Crippen molar-refractivity contribution in [1.82, 2.24) is 0 Å². The minimum atomic E-state index is -0.948. The van der Waals surface area contributed by atoms with Crippen LogP contribution in [0.3, 0.4) is 0 Å². The van der Waals surface area contributed by atoms with Crippen LogP contribution < -0.4 is 5.32 Å². The van der Waals surface area contributed by atoms with Crippen molar-refractivity contribution < 1.29 is 14.7 Å². The number of hydrogen-bond acceptors (Lipinski definition) is 2. The van der Waals surface area contributed by atoms with Crippen LogP contribution in [0.15, 0.2) is 34.8 Å². The first-order valence-corrected chi connectivity index (χ1v) is 7.30. The highest BCUT2D eigenvalue weighted by molar-refractivity contribution is 9.10. The molecule has 0 saturated carbocycles. The van der Waals surface area contributed by atoms with Crippen molar-refractivity contribution in [1.29, 1.82) is 0 Å². The quantitative estimate of drug-likeness (QED) is 0.810. The molecule has 0 heterocycles. The van der Waals surface area contributed by atoms with Crippen molar-refractivity contribution in [2.45, 2.75) is 12.8 Å². The number of carbonyl (C=O) groups excluding carboxylic acids is 1. The number of carboxylic acid groups (broad SMARTS) is 1. The van der Waals surface area contributed by atoms with Gasteiger partial charge in [0.05, 0.1) is 22.5 Å². The molecule has 2 N–H and O–H groups in total. The molecule has 106 valence electrons. The van der Waals surface area contributed by atoms with Gasteiger partial charge < -0.3 is 10.4 Å². The number of aliphatic carboxylic acids is 1. The van der Waals surface area contributed by atoms with Crippen LogP contribution in [-0.4, -0.2) is 17.0 Å². The molecular formula is C14H13BrClNO3. The third-order valence-corrected chi connectivity index (χ3v) is 4.08. The molecule has 0 aromatic heterocycles. The summed E-state index contributed by atoms with van der Waals surface area (Å²) in [6, 6.07) is 5.11. The summed E-state index contributed by atoms with van der Waals surface area (Å²) in [5.41, 5.74) is 0.485. The molecule has 1 aromatic carbocycles. The van der Waals surface area contributed by atoms with Crippen molar-refractivity contribution in [3.8, 4) is 0 Å². The summed E-state index contributed by atoms with van der Waals surface area (Å²) >= 11 is 9.32. The minimum absolute atomic E-state index is 0.314. The minimum Gasteiger partial charge on any atom is -0.481 e. The Balaban J connectivity index is 2.14. The normalized spacial score (nSPS) is 21.5. The van der Waals surface area contributed by atoms with Crippen molar-refractivity contribution >= 4 is 45.1 Å². The average molecular weight is 359 g/mol. The van der Waals surface area contributed by atoms with Gasteiger partial charge in [0.1, 0.15) is 0 Å². The highest BCUT2D eigenvalue weighted by Crippen LogP contribution is 2.30. The van der Waals surface area contributed by atoms with Gasteiger partial charge in [0.15, 0.2) is 0 Å². The molecule has 4 nitrogen and oxygen atoms in total. The summed E-state index contributed by atoms with van der Waals surface area (Å²) in [7, 11) is 0. The number of halogens is 2. The van der Waals surface area contributed by atoms with E-state index >= 15 is 0 Å². The fourth-order valence-corrected chi connectivity index (χ4v) is 2.91. The SMILES string of the molecule is O=C(O)[C@@H]1CC=CC[C@H]1C(=O)Nc1ccc(Br)cc1Cl. The van der Waals surface area contributed by atoms with E-state index in [9.17, 15) is 9.59 Å². The first-order valence-electron chi connectivity index (χ1n) is 6.12. The van der Waals surface area contributed by atoms with E-state index in [-0.39, 0.29) is 5.91 Å². The third kappa shape index (κ3) is 3.41. The number of anilines is 1. The Bertz CT molecular complexity index is 574. The number of carboxylic acids is 1. The molecule has 0 fully saturated rings. The molecular weight excluding hydrogens is 346 g/mol. The fourth-order valence-electron chi connectivity index (χ4n) is 2.19. The summed E-state index contributed by atoms with van der Waals surface area (Å²) in [5.74, 6) is -2.52. The third-order valence-electron chi connectivity index (χ3n) is 3.28. The van der Waals surface area contributed by atoms with Gasteiger partial charge in [-0.1, -0.05) is 39.7 Å². The zero-order valence-corrected chi connectivity index (χ0v) is 12.8. The van der Waals surface area contributed by atoms with Crippen molar-refractivity contribution in [3.05, 3.63) is 39.8 Å². The Morgan fingerprint density at radius 2 is 1.90 bits per heavy atom. The maximum Gasteiger partial charge on any atom is 0.307 e. The second-order valence-corrected chi connectivity index (χ2v) is 5.93. The smallest absolute Gasteiger partial charge is 0.307 e. The average Bonchev–Trinajstić information content (AvgIpc) is 2.41. The van der Waals surface area contributed by atoms with E-state index in [0.717, 1.165) is 4.47 Å². The van der Waals surface area contributed by atoms with E-state index in [2.05, 4.69) is 21.2 Å². The Hall–Kier alpha value is -1.33. The summed E-state index contributed by atoms with van der Waals surface area (Å²) in [6.07, 6.45) is 4.44. The highest BCUT2D eigenvalue weighted by Gasteiger charge is 2.34. The Morgan fingerprint density at radius 3 is 2.50 bits per heavy atom. The zero-order chi connectivity index (χ0) is 14.7. The fraction of sp³-hybridized carbons (Fsp3) is 0.286. The Kier molecular flexibility index (Phi) is 4.83. The van der Waals surface area contributed by atoms with E-state index in [1.807, 2.05) is 6.08 Å². The van der Waals surface area contributed by atoms with Crippen molar-refractivity contribution in [3.63, 3.8) is 0 Å². The highest BCUT2D eigenvalue weighted by atomic mass is 79.9. The summed E-state index contributed by atoms with van der Waals surface area (Å²) in [5, 5.41) is 12.3. The van der Waals surface area contributed by atoms with Gasteiger partial charge in [-0.05, 0) is 31.0 Å². The van der Waals surface area contributed by atoms with Crippen molar-refractivity contribution in [2.24, 2.45) is 11.8 Å². The lowest BCUT2D eigenvalue weighted by Gasteiger charge is -2.24. The molecule has 0 unspecified atom stereocenters. The lowest BCUT2D eigenvalue weighted by atomic mass is 9.82. The largest absolute Gasteiger partial charge is 0.481 e. The maximum absolute atomic E-state index is 12.2. The standard InChI is InChI=1S/C14H13BrClNO3/c15-8-5-6-12(11(16)7-8)17-13(18)9-3-1-2-4-10(9)14(19)20/h1-2,5-7,9-10H,3-4H2,(H,17,18)(H,19,20)/t9-,10-/m1/s1. The van der Waals surface area contributed by atoms with Crippen LogP contribution >= 0.6 is 27.5 Å². The molecule has 2 rings (SSSR count). The van der Waals surface area contributed by atoms with Crippen LogP contribution in [0.25, 0.3) is 0 Å². The number of benzene rings is 1. The van der Waals surface area contributed by atoms with E-state index in [1.165, 1.54) is 0 Å². The van der Waals surface area contributed by atoms with Gasteiger partial charge in [-0.25, -0.2) is 0 Å². The van der Waals surface area contributed by atoms with Crippen molar-refractivity contribution in [2.75, 3.05) is 5.32 Å². The molecule has 1 aliphatic carbocycles. The summed E-state index contributed by atoms with van der Waals surface area (Å²) < 4.78 is 0.810. The van der Waals surface area contributed by atoms with Gasteiger partial charge >= 0.3 is 5.97 Å². The number of rotatable bonds is 3. The lowest BCUT2D eigenvalue weighted by Crippen LogP contribution is -2.34. The van der Waals surface area contributed by atoms with Gasteiger partial charge in [-0.3, -0.25) is 9.59 Å². The molecule has 1 aliphatic rings. The first-order chi connectivity index (χ1) is 9.49. The van der Waals surface area contributed by atoms with E-state index in [4.69, 9.17) is 16.7 Å². The molecule has 6 heteroatoms. The van der Waals surface area contributed by atoms with Crippen LogP contribution in [0.4, 0.5) is 5.69 Å². The predicted octanol–water partition coefficient (Wildman–Crippen LogP) is 3.71. The second-order valence-electron chi connectivity index (χ2n) is 4.61. The second kappa shape index (κ2) is 6.41. The number of nitrogens with one attached hydrogen (secondary N) is 1. The topological polar surface area (TPSA) is 66.4 Å². The summed E-state index contributed by atoms with van der Waals surface area (Å²) in [6.45, 7) is 0. The predicted molar refractivity (Wildman–Crippen MR) is 80.8 cm³/mol. The Morgan fingerprint density at radius 1 is 1.25 bits per heavy atom. The molecule has 0 saturated heterocycles. The van der Waals surface area contributed by atoms with Crippen LogP contribution in [0.1, 0.15) is 12.8 Å². The molecule has 0 radical (unpaired) electrons. The van der Waals surface area contributed by atoms with Crippen LogP contribution in [0, 0.1) is 11.8 Å². The molecule has 0 spiro atoms. The molecule has 0 aliphatic heterocycles. The van der Waals surface area contributed by atoms with E-state index in [0.29, 0.717) is 23.6 Å². The number of amides is 1.